The van der Waals surface area contributed by atoms with Gasteiger partial charge in [0, 0.05) is 16.8 Å². The summed E-state index contributed by atoms with van der Waals surface area (Å²) in [4.78, 5) is 32.9. The lowest BCUT2D eigenvalue weighted by Crippen LogP contribution is -2.46. The molecule has 2 unspecified atom stereocenters. The Labute approximate surface area is 185 Å². The lowest BCUT2D eigenvalue weighted by Gasteiger charge is -2.26. The molecule has 6 heteroatoms. The van der Waals surface area contributed by atoms with Gasteiger partial charge >= 0.3 is 0 Å². The first-order valence-electron chi connectivity index (χ1n) is 10.2. The Morgan fingerprint density at radius 1 is 1.03 bits per heavy atom. The molecule has 0 aliphatic carbocycles. The van der Waals surface area contributed by atoms with Gasteiger partial charge in [0.15, 0.2) is 5.78 Å². The average molecular weight is 424 g/mol. The van der Waals surface area contributed by atoms with Crippen LogP contribution in [0.3, 0.4) is 0 Å². The van der Waals surface area contributed by atoms with Crippen LogP contribution in [0.15, 0.2) is 90.1 Å². The molecular formula is C26H20N2O4. The normalized spacial score (nSPS) is 21.2. The second-order valence-corrected chi connectivity index (χ2v) is 7.62. The van der Waals surface area contributed by atoms with Gasteiger partial charge in [0.1, 0.15) is 11.7 Å². The molecule has 2 aliphatic heterocycles. The monoisotopic (exact) mass is 424 g/mol. The number of amides is 1. The molecule has 5 rings (SSSR count). The Hall–Kier alpha value is -4.19. The Morgan fingerprint density at radius 2 is 1.81 bits per heavy atom. The highest BCUT2D eigenvalue weighted by Crippen LogP contribution is 2.49. The first kappa shape index (κ1) is 19.8. The van der Waals surface area contributed by atoms with Gasteiger partial charge in [0.25, 0.3) is 11.5 Å². The van der Waals surface area contributed by atoms with Gasteiger partial charge in [-0.2, -0.15) is 0 Å². The number of fused-ring (bicyclic) bond motifs is 2. The van der Waals surface area contributed by atoms with Crippen molar-refractivity contribution < 1.29 is 19.2 Å². The number of carbonyl (C=O) groups excluding carboxylic acids is 2. The SMILES string of the molecule is COc1cccc(C(=O)C2C(/C=C/c3ccccc3)=NOC23C(=O)Nc2ccccc23)c1. The Bertz CT molecular complexity index is 1270. The Balaban J connectivity index is 1.62. The molecule has 0 bridgehead atoms. The zero-order valence-electron chi connectivity index (χ0n) is 17.3. The van der Waals surface area contributed by atoms with E-state index in [2.05, 4.69) is 10.5 Å². The maximum absolute atomic E-state index is 13.8. The number of hydrogen-bond acceptors (Lipinski definition) is 5. The third kappa shape index (κ3) is 3.08. The predicted octanol–water partition coefficient (Wildman–Crippen LogP) is 4.44. The fraction of sp³-hybridized carbons (Fsp3) is 0.115. The number of nitrogens with zero attached hydrogens (tertiary/aromatic N) is 1. The highest BCUT2D eigenvalue weighted by Gasteiger charge is 2.62. The lowest BCUT2D eigenvalue weighted by atomic mass is 9.75. The van der Waals surface area contributed by atoms with Gasteiger partial charge in [0.2, 0.25) is 0 Å². The number of rotatable bonds is 5. The van der Waals surface area contributed by atoms with E-state index in [0.29, 0.717) is 28.3 Å². The summed E-state index contributed by atoms with van der Waals surface area (Å²) in [5, 5.41) is 7.07. The van der Waals surface area contributed by atoms with Crippen molar-refractivity contribution in [2.24, 2.45) is 11.1 Å². The van der Waals surface area contributed by atoms with Crippen LogP contribution in [-0.4, -0.2) is 24.5 Å². The zero-order chi connectivity index (χ0) is 22.1. The lowest BCUT2D eigenvalue weighted by molar-refractivity contribution is -0.140. The number of carbonyl (C=O) groups is 2. The van der Waals surface area contributed by atoms with Crippen LogP contribution in [0.2, 0.25) is 0 Å². The van der Waals surface area contributed by atoms with E-state index in [1.54, 1.807) is 49.6 Å². The molecule has 2 atom stereocenters. The molecule has 32 heavy (non-hydrogen) atoms. The Morgan fingerprint density at radius 3 is 2.62 bits per heavy atom. The standard InChI is InChI=1S/C26H20N2O4/c1-31-19-11-7-10-18(16-19)24(29)23-22(15-14-17-8-3-2-4-9-17)28-32-26(23)20-12-5-6-13-21(20)27-25(26)30/h2-16,23H,1H3,(H,27,30)/b15-14+. The van der Waals surface area contributed by atoms with Crippen LogP contribution in [0, 0.1) is 5.92 Å². The van der Waals surface area contributed by atoms with Gasteiger partial charge in [-0.15, -0.1) is 0 Å². The highest BCUT2D eigenvalue weighted by atomic mass is 16.7. The fourth-order valence-electron chi connectivity index (χ4n) is 4.20. The summed E-state index contributed by atoms with van der Waals surface area (Å²) in [5.74, 6) is -1.09. The topological polar surface area (TPSA) is 77.0 Å². The number of benzene rings is 3. The van der Waals surface area contributed by atoms with E-state index in [0.717, 1.165) is 5.56 Å². The van der Waals surface area contributed by atoms with Gasteiger partial charge in [-0.3, -0.25) is 9.59 Å². The fourth-order valence-corrected chi connectivity index (χ4v) is 4.20. The van der Waals surface area contributed by atoms with E-state index in [-0.39, 0.29) is 5.78 Å². The molecule has 2 aliphatic rings. The maximum atomic E-state index is 13.8. The minimum atomic E-state index is -1.56. The summed E-state index contributed by atoms with van der Waals surface area (Å²) in [6, 6.07) is 23.7. The number of Topliss-reactive ketones (excluding diaryl/α,β-unsaturated/α-hetero) is 1. The summed E-state index contributed by atoms with van der Waals surface area (Å²) < 4.78 is 5.29. The van der Waals surface area contributed by atoms with Crippen LogP contribution >= 0.6 is 0 Å². The molecule has 158 valence electrons. The van der Waals surface area contributed by atoms with E-state index in [1.807, 2.05) is 48.5 Å². The molecule has 1 amide bonds. The number of nitrogens with one attached hydrogen (secondary N) is 1. The zero-order valence-corrected chi connectivity index (χ0v) is 17.3. The van der Waals surface area contributed by atoms with Crippen LogP contribution in [0.1, 0.15) is 21.5 Å². The quantitative estimate of drug-likeness (QED) is 0.615. The molecule has 6 nitrogen and oxygen atoms in total. The van der Waals surface area contributed by atoms with Crippen molar-refractivity contribution in [1.82, 2.24) is 0 Å². The van der Waals surface area contributed by atoms with Crippen LogP contribution in [0.4, 0.5) is 5.69 Å². The number of anilines is 1. The van der Waals surface area contributed by atoms with Gasteiger partial charge < -0.3 is 14.9 Å². The third-order valence-electron chi connectivity index (χ3n) is 5.77. The number of oxime groups is 1. The number of methoxy groups -OCH3 is 1. The van der Waals surface area contributed by atoms with Gasteiger partial charge in [-0.05, 0) is 29.8 Å². The molecule has 1 spiro atoms. The minimum Gasteiger partial charge on any atom is -0.497 e. The summed E-state index contributed by atoms with van der Waals surface area (Å²) in [7, 11) is 1.54. The number of hydrogen-bond donors (Lipinski definition) is 1. The summed E-state index contributed by atoms with van der Waals surface area (Å²) in [6.45, 7) is 0. The summed E-state index contributed by atoms with van der Waals surface area (Å²) in [6.07, 6.45) is 3.59. The molecule has 0 aromatic heterocycles. The van der Waals surface area contributed by atoms with Crippen LogP contribution in [0.5, 0.6) is 5.75 Å². The predicted molar refractivity (Wildman–Crippen MR) is 122 cm³/mol. The minimum absolute atomic E-state index is 0.273. The Kier molecular flexibility index (Phi) is 4.82. The van der Waals surface area contributed by atoms with Crippen LogP contribution in [0.25, 0.3) is 6.08 Å². The van der Waals surface area contributed by atoms with Gasteiger partial charge in [-0.1, -0.05) is 71.9 Å². The number of allylic oxidation sites excluding steroid dienone is 1. The smallest absolute Gasteiger partial charge is 0.277 e. The van der Waals surface area contributed by atoms with Crippen LogP contribution < -0.4 is 10.1 Å². The van der Waals surface area contributed by atoms with Gasteiger partial charge in [0.05, 0.1) is 12.8 Å². The molecule has 0 saturated heterocycles. The molecule has 2 heterocycles. The average Bonchev–Trinajstić information content (AvgIpc) is 3.36. The van der Waals surface area contributed by atoms with Crippen molar-refractivity contribution in [3.8, 4) is 5.75 Å². The second-order valence-electron chi connectivity index (χ2n) is 7.62. The molecule has 0 fully saturated rings. The van der Waals surface area contributed by atoms with E-state index < -0.39 is 17.4 Å². The van der Waals surface area contributed by atoms with E-state index in [9.17, 15) is 9.59 Å². The number of ether oxygens (including phenoxy) is 1. The van der Waals surface area contributed by atoms with Crippen molar-refractivity contribution in [1.29, 1.82) is 0 Å². The molecule has 1 N–H and O–H groups in total. The first-order chi connectivity index (χ1) is 15.6. The largest absolute Gasteiger partial charge is 0.497 e. The highest BCUT2D eigenvalue weighted by molar-refractivity contribution is 6.24. The van der Waals surface area contributed by atoms with Crippen molar-refractivity contribution in [2.45, 2.75) is 5.60 Å². The van der Waals surface area contributed by atoms with Gasteiger partial charge in [-0.25, -0.2) is 0 Å². The maximum Gasteiger partial charge on any atom is 0.277 e. The molecule has 3 aromatic rings. The molecule has 3 aromatic carbocycles. The van der Waals surface area contributed by atoms with E-state index >= 15 is 0 Å². The number of ketones is 1. The molecular weight excluding hydrogens is 404 g/mol. The first-order valence-corrected chi connectivity index (χ1v) is 10.2. The third-order valence-corrected chi connectivity index (χ3v) is 5.77. The van der Waals surface area contributed by atoms with Crippen molar-refractivity contribution in [3.05, 3.63) is 102 Å². The van der Waals surface area contributed by atoms with Crippen molar-refractivity contribution in [3.63, 3.8) is 0 Å². The summed E-state index contributed by atoms with van der Waals surface area (Å²) in [5.41, 5.74) is 1.39. The van der Waals surface area contributed by atoms with Crippen molar-refractivity contribution in [2.75, 3.05) is 12.4 Å². The van der Waals surface area contributed by atoms with E-state index in [4.69, 9.17) is 9.57 Å². The molecule has 0 radical (unpaired) electrons. The van der Waals surface area contributed by atoms with Crippen LogP contribution in [-0.2, 0) is 15.2 Å². The molecule has 0 saturated carbocycles. The summed E-state index contributed by atoms with van der Waals surface area (Å²) >= 11 is 0. The second kappa shape index (κ2) is 7.81. The van der Waals surface area contributed by atoms with Crippen molar-refractivity contribution >= 4 is 29.2 Å². The van der Waals surface area contributed by atoms with E-state index in [1.165, 1.54) is 0 Å². The number of para-hydroxylation sites is 1.